The maximum absolute atomic E-state index is 11.8. The summed E-state index contributed by atoms with van der Waals surface area (Å²) in [6, 6.07) is 5.65. The molecule has 7 heteroatoms. The van der Waals surface area contributed by atoms with Crippen molar-refractivity contribution in [2.24, 2.45) is 5.92 Å². The molecule has 0 unspecified atom stereocenters. The van der Waals surface area contributed by atoms with Gasteiger partial charge in [-0.3, -0.25) is 19.7 Å². The molecule has 0 spiro atoms. The molecule has 0 aliphatic carbocycles. The van der Waals surface area contributed by atoms with E-state index in [0.717, 1.165) is 0 Å². The molecule has 21 heavy (non-hydrogen) atoms. The standard InChI is InChI=1S/C14H17NO6/c1-3-20-13(16)12(14(17)21-4-2)9-10-5-7-11(8-6-10)15(18)19/h5-8,12H,3-4,9H2,1-2H3. The summed E-state index contributed by atoms with van der Waals surface area (Å²) in [6.45, 7) is 3.61. The lowest BCUT2D eigenvalue weighted by molar-refractivity contribution is -0.384. The molecule has 1 aromatic carbocycles. The summed E-state index contributed by atoms with van der Waals surface area (Å²) in [5.41, 5.74) is 0.564. The number of nitro benzene ring substituents is 1. The molecule has 1 rings (SSSR count). The third kappa shape index (κ3) is 4.87. The van der Waals surface area contributed by atoms with Gasteiger partial charge in [-0.15, -0.1) is 0 Å². The van der Waals surface area contributed by atoms with Crippen LogP contribution in [0, 0.1) is 16.0 Å². The van der Waals surface area contributed by atoms with Crippen molar-refractivity contribution in [1.29, 1.82) is 0 Å². The SMILES string of the molecule is CCOC(=O)C(Cc1ccc([N+](=O)[O-])cc1)C(=O)OCC. The number of carbonyl (C=O) groups excluding carboxylic acids is 2. The molecule has 0 N–H and O–H groups in total. The van der Waals surface area contributed by atoms with Gasteiger partial charge in [-0.2, -0.15) is 0 Å². The predicted molar refractivity (Wildman–Crippen MR) is 73.6 cm³/mol. The highest BCUT2D eigenvalue weighted by Gasteiger charge is 2.29. The highest BCUT2D eigenvalue weighted by molar-refractivity contribution is 5.95. The van der Waals surface area contributed by atoms with Crippen molar-refractivity contribution in [1.82, 2.24) is 0 Å². The Balaban J connectivity index is 2.86. The Morgan fingerprint density at radius 1 is 1.10 bits per heavy atom. The molecular formula is C14H17NO6. The summed E-state index contributed by atoms with van der Waals surface area (Å²) in [5, 5.41) is 10.6. The van der Waals surface area contributed by atoms with Crippen LogP contribution in [-0.2, 0) is 25.5 Å². The lowest BCUT2D eigenvalue weighted by Crippen LogP contribution is -2.30. The Morgan fingerprint density at radius 3 is 1.95 bits per heavy atom. The van der Waals surface area contributed by atoms with E-state index in [0.29, 0.717) is 5.56 Å². The second-order valence-corrected chi connectivity index (χ2v) is 4.18. The Bertz CT molecular complexity index is 493. The number of hydrogen-bond acceptors (Lipinski definition) is 6. The summed E-state index contributed by atoms with van der Waals surface area (Å²) in [7, 11) is 0. The van der Waals surface area contributed by atoms with E-state index in [1.54, 1.807) is 13.8 Å². The molecule has 0 bridgehead atoms. The van der Waals surface area contributed by atoms with Gasteiger partial charge in [-0.25, -0.2) is 0 Å². The first kappa shape index (κ1) is 16.6. The monoisotopic (exact) mass is 295 g/mol. The molecule has 0 atom stereocenters. The molecule has 0 saturated heterocycles. The van der Waals surface area contributed by atoms with E-state index < -0.39 is 22.8 Å². The smallest absolute Gasteiger partial charge is 0.320 e. The topological polar surface area (TPSA) is 95.7 Å². The zero-order valence-corrected chi connectivity index (χ0v) is 11.9. The highest BCUT2D eigenvalue weighted by Crippen LogP contribution is 2.17. The fraction of sp³-hybridized carbons (Fsp3) is 0.429. The molecule has 1 aromatic rings. The van der Waals surface area contributed by atoms with Crippen molar-refractivity contribution >= 4 is 17.6 Å². The molecule has 0 amide bonds. The van der Waals surface area contributed by atoms with Crippen LogP contribution in [0.15, 0.2) is 24.3 Å². The second-order valence-electron chi connectivity index (χ2n) is 4.18. The zero-order chi connectivity index (χ0) is 15.8. The largest absolute Gasteiger partial charge is 0.465 e. The number of hydrogen-bond donors (Lipinski definition) is 0. The van der Waals surface area contributed by atoms with Gasteiger partial charge in [0.2, 0.25) is 0 Å². The van der Waals surface area contributed by atoms with Crippen molar-refractivity contribution < 1.29 is 24.0 Å². The minimum Gasteiger partial charge on any atom is -0.465 e. The Morgan fingerprint density at radius 2 is 1.57 bits per heavy atom. The van der Waals surface area contributed by atoms with Gasteiger partial charge in [0, 0.05) is 12.1 Å². The third-order valence-electron chi connectivity index (χ3n) is 2.73. The minimum absolute atomic E-state index is 0.0532. The summed E-state index contributed by atoms with van der Waals surface area (Å²) in [6.07, 6.45) is 0.0790. The van der Waals surface area contributed by atoms with Crippen molar-refractivity contribution in [2.45, 2.75) is 20.3 Å². The van der Waals surface area contributed by atoms with Gasteiger partial charge >= 0.3 is 11.9 Å². The molecular weight excluding hydrogens is 278 g/mol. The minimum atomic E-state index is -1.06. The van der Waals surface area contributed by atoms with E-state index in [1.807, 2.05) is 0 Å². The summed E-state index contributed by atoms with van der Waals surface area (Å²) in [5.74, 6) is -2.38. The molecule has 0 heterocycles. The fourth-order valence-electron chi connectivity index (χ4n) is 1.74. The van der Waals surface area contributed by atoms with E-state index in [9.17, 15) is 19.7 Å². The van der Waals surface area contributed by atoms with E-state index in [-0.39, 0.29) is 25.3 Å². The molecule has 114 valence electrons. The molecule has 0 fully saturated rings. The van der Waals surface area contributed by atoms with Crippen molar-refractivity contribution in [2.75, 3.05) is 13.2 Å². The summed E-state index contributed by atoms with van der Waals surface area (Å²) >= 11 is 0. The van der Waals surface area contributed by atoms with E-state index in [4.69, 9.17) is 9.47 Å². The van der Waals surface area contributed by atoms with Crippen molar-refractivity contribution in [3.8, 4) is 0 Å². The van der Waals surface area contributed by atoms with Crippen LogP contribution in [0.2, 0.25) is 0 Å². The summed E-state index contributed by atoms with van der Waals surface area (Å²) < 4.78 is 9.72. The van der Waals surface area contributed by atoms with Crippen LogP contribution in [0.1, 0.15) is 19.4 Å². The van der Waals surface area contributed by atoms with E-state index >= 15 is 0 Å². The van der Waals surface area contributed by atoms with Crippen LogP contribution in [0.3, 0.4) is 0 Å². The van der Waals surface area contributed by atoms with Crippen LogP contribution in [0.5, 0.6) is 0 Å². The average molecular weight is 295 g/mol. The quantitative estimate of drug-likeness (QED) is 0.330. The fourth-order valence-corrected chi connectivity index (χ4v) is 1.74. The van der Waals surface area contributed by atoms with E-state index in [2.05, 4.69) is 0 Å². The zero-order valence-electron chi connectivity index (χ0n) is 11.9. The molecule has 0 aliphatic heterocycles. The second kappa shape index (κ2) is 7.98. The first-order valence-corrected chi connectivity index (χ1v) is 6.56. The van der Waals surface area contributed by atoms with Crippen molar-refractivity contribution in [3.63, 3.8) is 0 Å². The number of ether oxygens (including phenoxy) is 2. The number of nitro groups is 1. The molecule has 0 radical (unpaired) electrons. The van der Waals surface area contributed by atoms with Gasteiger partial charge in [-0.1, -0.05) is 12.1 Å². The maximum atomic E-state index is 11.8. The number of esters is 2. The lowest BCUT2D eigenvalue weighted by Gasteiger charge is -2.14. The number of benzene rings is 1. The first-order valence-electron chi connectivity index (χ1n) is 6.56. The number of non-ortho nitro benzene ring substituents is 1. The van der Waals surface area contributed by atoms with Crippen LogP contribution in [0.25, 0.3) is 0 Å². The Hall–Kier alpha value is -2.44. The summed E-state index contributed by atoms with van der Waals surface area (Å²) in [4.78, 5) is 33.7. The van der Waals surface area contributed by atoms with Crippen LogP contribution in [0.4, 0.5) is 5.69 Å². The van der Waals surface area contributed by atoms with Crippen LogP contribution < -0.4 is 0 Å². The van der Waals surface area contributed by atoms with Crippen LogP contribution in [-0.4, -0.2) is 30.1 Å². The van der Waals surface area contributed by atoms with Crippen molar-refractivity contribution in [3.05, 3.63) is 39.9 Å². The predicted octanol–water partition coefficient (Wildman–Crippen LogP) is 1.88. The number of nitrogens with zero attached hydrogens (tertiary/aromatic N) is 1. The lowest BCUT2D eigenvalue weighted by atomic mass is 9.99. The molecule has 0 aromatic heterocycles. The van der Waals surface area contributed by atoms with Gasteiger partial charge in [0.05, 0.1) is 18.1 Å². The van der Waals surface area contributed by atoms with Gasteiger partial charge in [-0.05, 0) is 25.8 Å². The average Bonchev–Trinajstić information content (AvgIpc) is 2.45. The van der Waals surface area contributed by atoms with Gasteiger partial charge in [0.25, 0.3) is 5.69 Å². The number of rotatable bonds is 7. The van der Waals surface area contributed by atoms with Gasteiger partial charge in [0.1, 0.15) is 0 Å². The number of carbonyl (C=O) groups is 2. The third-order valence-corrected chi connectivity index (χ3v) is 2.73. The van der Waals surface area contributed by atoms with E-state index in [1.165, 1.54) is 24.3 Å². The molecule has 0 aliphatic rings. The molecule has 7 nitrogen and oxygen atoms in total. The Labute approximate surface area is 122 Å². The molecule has 0 saturated carbocycles. The van der Waals surface area contributed by atoms with Crippen LogP contribution >= 0.6 is 0 Å². The van der Waals surface area contributed by atoms with Gasteiger partial charge < -0.3 is 9.47 Å². The Kier molecular flexibility index (Phi) is 6.32. The first-order chi connectivity index (χ1) is 9.99. The van der Waals surface area contributed by atoms with Gasteiger partial charge in [0.15, 0.2) is 5.92 Å². The maximum Gasteiger partial charge on any atom is 0.320 e. The normalized spacial score (nSPS) is 10.2. The highest BCUT2D eigenvalue weighted by atomic mass is 16.6.